The van der Waals surface area contributed by atoms with Gasteiger partial charge in [-0.15, -0.1) is 0 Å². The smallest absolute Gasteiger partial charge is 0.197 e. The Morgan fingerprint density at radius 2 is 2.20 bits per heavy atom. The van der Waals surface area contributed by atoms with Gasteiger partial charge < -0.3 is 10.3 Å². The van der Waals surface area contributed by atoms with Gasteiger partial charge in [-0.25, -0.2) is 4.98 Å². The van der Waals surface area contributed by atoms with Gasteiger partial charge in [-0.05, 0) is 56.9 Å². The van der Waals surface area contributed by atoms with Crippen molar-refractivity contribution in [1.82, 2.24) is 15.3 Å². The molecule has 0 aromatic carbocycles. The highest BCUT2D eigenvalue weighted by Gasteiger charge is 2.19. The fraction of sp³-hybridized carbons (Fsp3) is 0.636. The number of hydrogen-bond acceptors (Lipinski definition) is 3. The monoisotopic (exact) mass is 223 g/mol. The van der Waals surface area contributed by atoms with Crippen molar-refractivity contribution in [3.05, 3.63) is 21.7 Å². The van der Waals surface area contributed by atoms with Crippen LogP contribution in [0.15, 0.2) is 0 Å². The molecule has 1 aliphatic rings. The lowest BCUT2D eigenvalue weighted by Gasteiger charge is -2.25. The van der Waals surface area contributed by atoms with E-state index in [1.54, 1.807) is 0 Å². The van der Waals surface area contributed by atoms with Gasteiger partial charge in [-0.3, -0.25) is 0 Å². The molecule has 0 aliphatic carbocycles. The summed E-state index contributed by atoms with van der Waals surface area (Å²) in [6.07, 6.45) is 2.50. The number of H-pyrrole nitrogens is 1. The first-order valence-electron chi connectivity index (χ1n) is 5.46. The summed E-state index contributed by atoms with van der Waals surface area (Å²) in [4.78, 5) is 7.49. The third-order valence-electron chi connectivity index (χ3n) is 3.06. The van der Waals surface area contributed by atoms with E-state index >= 15 is 0 Å². The zero-order valence-electron chi connectivity index (χ0n) is 9.26. The molecule has 1 aromatic rings. The molecule has 1 atom stereocenters. The molecule has 1 saturated heterocycles. The number of nitrogens with zero attached hydrogens (tertiary/aromatic N) is 1. The Hall–Kier alpha value is -0.740. The first-order valence-corrected chi connectivity index (χ1v) is 5.87. The van der Waals surface area contributed by atoms with Crippen LogP contribution in [-0.4, -0.2) is 23.1 Å². The number of hydrogen-bond donors (Lipinski definition) is 2. The zero-order valence-corrected chi connectivity index (χ0v) is 10.1. The first-order chi connectivity index (χ1) is 7.18. The quantitative estimate of drug-likeness (QED) is 0.717. The third-order valence-corrected chi connectivity index (χ3v) is 3.26. The van der Waals surface area contributed by atoms with Gasteiger partial charge >= 0.3 is 0 Å². The maximum absolute atomic E-state index is 5.07. The third kappa shape index (κ3) is 2.26. The summed E-state index contributed by atoms with van der Waals surface area (Å²) >= 11 is 5.07. The molecule has 1 aliphatic heterocycles. The molecular weight excluding hydrogens is 206 g/mol. The van der Waals surface area contributed by atoms with E-state index in [0.717, 1.165) is 18.8 Å². The minimum Gasteiger partial charge on any atom is -0.334 e. The van der Waals surface area contributed by atoms with Crippen molar-refractivity contribution in [3.8, 4) is 0 Å². The molecule has 0 bridgehead atoms. The van der Waals surface area contributed by atoms with Crippen LogP contribution in [0, 0.1) is 18.6 Å². The number of aromatic nitrogens is 2. The molecule has 2 heterocycles. The second-order valence-electron chi connectivity index (χ2n) is 4.21. The second-order valence-corrected chi connectivity index (χ2v) is 4.60. The van der Waals surface area contributed by atoms with Crippen molar-refractivity contribution in [2.45, 2.75) is 32.6 Å². The molecule has 2 N–H and O–H groups in total. The summed E-state index contributed by atoms with van der Waals surface area (Å²) in [6.45, 7) is 6.35. The lowest BCUT2D eigenvalue weighted by atomic mass is 9.90. The van der Waals surface area contributed by atoms with E-state index < -0.39 is 0 Å². The van der Waals surface area contributed by atoms with E-state index in [4.69, 9.17) is 12.2 Å². The summed E-state index contributed by atoms with van der Waals surface area (Å²) in [6, 6.07) is 0. The Morgan fingerprint density at radius 3 is 2.80 bits per heavy atom. The summed E-state index contributed by atoms with van der Waals surface area (Å²) in [7, 11) is 0. The SMILES string of the molecule is Cc1nc(=S)[nH]c(C)c1C1CCCNC1. The molecule has 3 nitrogen and oxygen atoms in total. The van der Waals surface area contributed by atoms with Crippen LogP contribution in [-0.2, 0) is 0 Å². The molecule has 15 heavy (non-hydrogen) atoms. The molecule has 0 spiro atoms. The normalized spacial score (nSPS) is 21.6. The predicted molar refractivity (Wildman–Crippen MR) is 63.7 cm³/mol. The molecular formula is C11H17N3S. The van der Waals surface area contributed by atoms with Crippen LogP contribution < -0.4 is 5.32 Å². The maximum Gasteiger partial charge on any atom is 0.197 e. The van der Waals surface area contributed by atoms with Gasteiger partial charge in [0.15, 0.2) is 4.77 Å². The molecule has 0 amide bonds. The van der Waals surface area contributed by atoms with Gasteiger partial charge in [-0.1, -0.05) is 0 Å². The zero-order chi connectivity index (χ0) is 10.8. The molecule has 1 fully saturated rings. The molecule has 2 rings (SSSR count). The topological polar surface area (TPSA) is 40.7 Å². The Kier molecular flexibility index (Phi) is 3.17. The van der Waals surface area contributed by atoms with Crippen LogP contribution in [0.3, 0.4) is 0 Å². The number of aromatic amines is 1. The summed E-state index contributed by atoms with van der Waals surface area (Å²) in [5, 5.41) is 3.43. The Balaban J connectivity index is 2.38. The number of nitrogens with one attached hydrogen (secondary N) is 2. The van der Waals surface area contributed by atoms with Gasteiger partial charge in [0.2, 0.25) is 0 Å². The van der Waals surface area contributed by atoms with E-state index in [0.29, 0.717) is 10.7 Å². The molecule has 1 unspecified atom stereocenters. The molecule has 0 saturated carbocycles. The first kappa shape index (κ1) is 10.8. The summed E-state index contributed by atoms with van der Waals surface area (Å²) in [5.74, 6) is 0.595. The van der Waals surface area contributed by atoms with Crippen molar-refractivity contribution in [3.63, 3.8) is 0 Å². The standard InChI is InChI=1S/C11H17N3S/c1-7-10(8(2)14-11(15)13-7)9-4-3-5-12-6-9/h9,12H,3-6H2,1-2H3,(H,13,14,15). The van der Waals surface area contributed by atoms with Crippen LogP contribution in [0.2, 0.25) is 0 Å². The van der Waals surface area contributed by atoms with Gasteiger partial charge in [0, 0.05) is 17.9 Å². The van der Waals surface area contributed by atoms with Crippen LogP contribution >= 0.6 is 12.2 Å². The van der Waals surface area contributed by atoms with Crippen molar-refractivity contribution >= 4 is 12.2 Å². The largest absolute Gasteiger partial charge is 0.334 e. The highest BCUT2D eigenvalue weighted by Crippen LogP contribution is 2.26. The van der Waals surface area contributed by atoms with Crippen LogP contribution in [0.25, 0.3) is 0 Å². The van der Waals surface area contributed by atoms with E-state index in [9.17, 15) is 0 Å². The Morgan fingerprint density at radius 1 is 1.40 bits per heavy atom. The predicted octanol–water partition coefficient (Wildman–Crippen LogP) is 2.22. The number of aryl methyl sites for hydroxylation is 2. The highest BCUT2D eigenvalue weighted by atomic mass is 32.1. The highest BCUT2D eigenvalue weighted by molar-refractivity contribution is 7.71. The summed E-state index contributed by atoms with van der Waals surface area (Å²) in [5.41, 5.74) is 3.63. The van der Waals surface area contributed by atoms with E-state index in [1.165, 1.54) is 24.1 Å². The van der Waals surface area contributed by atoms with E-state index in [2.05, 4.69) is 29.1 Å². The van der Waals surface area contributed by atoms with Gasteiger partial charge in [0.05, 0.1) is 0 Å². The average molecular weight is 223 g/mol. The number of piperidine rings is 1. The lowest BCUT2D eigenvalue weighted by molar-refractivity contribution is 0.456. The average Bonchev–Trinajstić information content (AvgIpc) is 2.17. The second kappa shape index (κ2) is 4.41. The van der Waals surface area contributed by atoms with Crippen molar-refractivity contribution in [2.75, 3.05) is 13.1 Å². The Labute approximate surface area is 95.3 Å². The van der Waals surface area contributed by atoms with Crippen molar-refractivity contribution in [2.24, 2.45) is 0 Å². The van der Waals surface area contributed by atoms with Gasteiger partial charge in [-0.2, -0.15) is 0 Å². The molecule has 1 aromatic heterocycles. The molecule has 4 heteroatoms. The molecule has 82 valence electrons. The van der Waals surface area contributed by atoms with Crippen LogP contribution in [0.4, 0.5) is 0 Å². The fourth-order valence-electron chi connectivity index (χ4n) is 2.44. The minimum atomic E-state index is 0.595. The minimum absolute atomic E-state index is 0.595. The lowest BCUT2D eigenvalue weighted by Crippen LogP contribution is -2.29. The summed E-state index contributed by atoms with van der Waals surface area (Å²) < 4.78 is 0.595. The van der Waals surface area contributed by atoms with Gasteiger partial charge in [0.25, 0.3) is 0 Å². The van der Waals surface area contributed by atoms with E-state index in [-0.39, 0.29) is 0 Å². The van der Waals surface area contributed by atoms with Crippen LogP contribution in [0.1, 0.15) is 35.7 Å². The van der Waals surface area contributed by atoms with Gasteiger partial charge in [0.1, 0.15) is 0 Å². The van der Waals surface area contributed by atoms with Crippen molar-refractivity contribution in [1.29, 1.82) is 0 Å². The van der Waals surface area contributed by atoms with Crippen LogP contribution in [0.5, 0.6) is 0 Å². The van der Waals surface area contributed by atoms with E-state index in [1.807, 2.05) is 0 Å². The molecule has 0 radical (unpaired) electrons. The number of rotatable bonds is 1. The van der Waals surface area contributed by atoms with Crippen molar-refractivity contribution < 1.29 is 0 Å². The maximum atomic E-state index is 5.07. The fourth-order valence-corrected chi connectivity index (χ4v) is 2.73. The Bertz CT molecular complexity index is 379.